The molecule has 0 fully saturated rings. The number of aryl methyl sites for hydroxylation is 2. The molecular weight excluding hydrogens is 425 g/mol. The van der Waals surface area contributed by atoms with Crippen LogP contribution >= 0.6 is 24.0 Å². The Kier molecular flexibility index (Phi) is 8.96. The van der Waals surface area contributed by atoms with E-state index in [1.54, 1.807) is 0 Å². The molecule has 25 heavy (non-hydrogen) atoms. The molecule has 1 aromatic heterocycles. The van der Waals surface area contributed by atoms with Crippen LogP contribution in [0.3, 0.4) is 0 Å². The van der Waals surface area contributed by atoms with Crippen LogP contribution in [0.15, 0.2) is 35.3 Å². The molecule has 1 aromatic carbocycles. The Bertz CT molecular complexity index is 679. The van der Waals surface area contributed by atoms with Gasteiger partial charge in [0.2, 0.25) is 0 Å². The maximum absolute atomic E-state index is 4.49. The molecule has 138 valence electrons. The number of nitrogens with zero attached hydrogens (tertiary/aromatic N) is 3. The zero-order valence-electron chi connectivity index (χ0n) is 15.8. The zero-order chi connectivity index (χ0) is 17.5. The van der Waals surface area contributed by atoms with Gasteiger partial charge in [0.25, 0.3) is 0 Å². The maximum Gasteiger partial charge on any atom is 0.191 e. The minimum Gasteiger partial charge on any atom is -0.356 e. The summed E-state index contributed by atoms with van der Waals surface area (Å²) in [6.45, 7) is 7.23. The fraction of sp³-hybridized carbons (Fsp3) is 0.474. The number of hydrogen-bond acceptors (Lipinski definition) is 2. The summed E-state index contributed by atoms with van der Waals surface area (Å²) in [5, 5.41) is 11.3. The van der Waals surface area contributed by atoms with Gasteiger partial charge in [-0.25, -0.2) is 0 Å². The Hall–Kier alpha value is -1.57. The molecule has 0 aliphatic rings. The highest BCUT2D eigenvalue weighted by atomic mass is 127. The Labute approximate surface area is 168 Å². The summed E-state index contributed by atoms with van der Waals surface area (Å²) in [5.41, 5.74) is 4.98. The predicted molar refractivity (Wildman–Crippen MR) is 116 cm³/mol. The second kappa shape index (κ2) is 10.4. The van der Waals surface area contributed by atoms with Crippen LogP contribution in [0.2, 0.25) is 0 Å². The first-order chi connectivity index (χ1) is 11.5. The van der Waals surface area contributed by atoms with Gasteiger partial charge in [-0.2, -0.15) is 5.10 Å². The monoisotopic (exact) mass is 455 g/mol. The number of aromatic nitrogens is 2. The lowest BCUT2D eigenvalue weighted by Gasteiger charge is -2.18. The molecular formula is C19H30IN5. The second-order valence-electron chi connectivity index (χ2n) is 6.26. The average molecular weight is 455 g/mol. The van der Waals surface area contributed by atoms with Crippen LogP contribution in [0.4, 0.5) is 0 Å². The van der Waals surface area contributed by atoms with Crippen LogP contribution in [-0.2, 0) is 19.9 Å². The summed E-state index contributed by atoms with van der Waals surface area (Å²) >= 11 is 0. The fourth-order valence-electron chi connectivity index (χ4n) is 2.87. The number of guanidine groups is 1. The Morgan fingerprint density at radius 1 is 1.24 bits per heavy atom. The Balaban J connectivity index is 0.00000312. The standard InChI is InChI=1S/C19H29N5.HI/c1-14(13-18-15(2)23-24(5)16(18)3)22-19(20-4)21-12-11-17-9-7-6-8-10-17;/h6-10,14H,11-13H2,1-5H3,(H2,20,21,22);1H. The first kappa shape index (κ1) is 21.5. The number of nitrogens with one attached hydrogen (secondary N) is 2. The van der Waals surface area contributed by atoms with Crippen molar-refractivity contribution in [3.05, 3.63) is 52.8 Å². The normalized spacial score (nSPS) is 12.4. The van der Waals surface area contributed by atoms with Gasteiger partial charge in [-0.15, -0.1) is 24.0 Å². The predicted octanol–water partition coefficient (Wildman–Crippen LogP) is 2.99. The summed E-state index contributed by atoms with van der Waals surface area (Å²) in [6, 6.07) is 10.8. The van der Waals surface area contributed by atoms with Crippen LogP contribution in [0.25, 0.3) is 0 Å². The molecule has 0 aliphatic heterocycles. The molecule has 0 saturated carbocycles. The van der Waals surface area contributed by atoms with Crippen LogP contribution < -0.4 is 10.6 Å². The summed E-state index contributed by atoms with van der Waals surface area (Å²) in [5.74, 6) is 0.845. The van der Waals surface area contributed by atoms with Crippen molar-refractivity contribution in [1.29, 1.82) is 0 Å². The number of rotatable bonds is 6. The van der Waals surface area contributed by atoms with E-state index < -0.39 is 0 Å². The highest BCUT2D eigenvalue weighted by Gasteiger charge is 2.13. The smallest absolute Gasteiger partial charge is 0.191 e. The zero-order valence-corrected chi connectivity index (χ0v) is 18.2. The van der Waals surface area contributed by atoms with Crippen LogP contribution in [0, 0.1) is 13.8 Å². The van der Waals surface area contributed by atoms with E-state index >= 15 is 0 Å². The summed E-state index contributed by atoms with van der Waals surface area (Å²) in [4.78, 5) is 4.32. The molecule has 0 amide bonds. The molecule has 0 aliphatic carbocycles. The van der Waals surface area contributed by atoms with Gasteiger partial charge in [0.1, 0.15) is 0 Å². The topological polar surface area (TPSA) is 54.2 Å². The van der Waals surface area contributed by atoms with Gasteiger partial charge in [-0.1, -0.05) is 30.3 Å². The van der Waals surface area contributed by atoms with E-state index in [1.807, 2.05) is 24.8 Å². The number of halogens is 1. The largest absolute Gasteiger partial charge is 0.356 e. The average Bonchev–Trinajstić information content (AvgIpc) is 2.81. The maximum atomic E-state index is 4.49. The van der Waals surface area contributed by atoms with Crippen LogP contribution in [-0.4, -0.2) is 35.4 Å². The SMILES string of the molecule is CN=C(NCCc1ccccc1)NC(C)Cc1c(C)nn(C)c1C.I. The molecule has 0 saturated heterocycles. The third-order valence-electron chi connectivity index (χ3n) is 4.32. The lowest BCUT2D eigenvalue weighted by atomic mass is 10.1. The molecule has 1 unspecified atom stereocenters. The van der Waals surface area contributed by atoms with E-state index in [0.717, 1.165) is 31.0 Å². The van der Waals surface area contributed by atoms with Crippen molar-refractivity contribution in [2.45, 2.75) is 39.7 Å². The molecule has 0 spiro atoms. The highest BCUT2D eigenvalue weighted by molar-refractivity contribution is 14.0. The van der Waals surface area contributed by atoms with E-state index in [-0.39, 0.29) is 30.0 Å². The number of hydrogen-bond donors (Lipinski definition) is 2. The molecule has 2 N–H and O–H groups in total. The van der Waals surface area contributed by atoms with Crippen LogP contribution in [0.1, 0.15) is 29.4 Å². The minimum absolute atomic E-state index is 0. The van der Waals surface area contributed by atoms with Gasteiger partial charge in [-0.05, 0) is 44.7 Å². The van der Waals surface area contributed by atoms with Crippen molar-refractivity contribution in [3.8, 4) is 0 Å². The molecule has 2 aromatic rings. The van der Waals surface area contributed by atoms with Gasteiger partial charge in [0.05, 0.1) is 5.69 Å². The molecule has 2 rings (SSSR count). The Morgan fingerprint density at radius 2 is 1.92 bits per heavy atom. The van der Waals surface area contributed by atoms with Crippen LogP contribution in [0.5, 0.6) is 0 Å². The van der Waals surface area contributed by atoms with Crippen molar-refractivity contribution in [2.75, 3.05) is 13.6 Å². The van der Waals surface area contributed by atoms with Gasteiger partial charge in [0, 0.05) is 32.4 Å². The number of aliphatic imine (C=N–C) groups is 1. The minimum atomic E-state index is 0. The molecule has 0 bridgehead atoms. The highest BCUT2D eigenvalue weighted by Crippen LogP contribution is 2.14. The van der Waals surface area contributed by atoms with Crippen molar-refractivity contribution < 1.29 is 0 Å². The third-order valence-corrected chi connectivity index (χ3v) is 4.32. The summed E-state index contributed by atoms with van der Waals surface area (Å²) in [6.07, 6.45) is 1.92. The molecule has 1 heterocycles. The first-order valence-corrected chi connectivity index (χ1v) is 8.51. The molecule has 6 heteroatoms. The summed E-state index contributed by atoms with van der Waals surface area (Å²) in [7, 11) is 3.80. The van der Waals surface area contributed by atoms with E-state index in [1.165, 1.54) is 16.8 Å². The van der Waals surface area contributed by atoms with Gasteiger partial charge >= 0.3 is 0 Å². The van der Waals surface area contributed by atoms with Gasteiger partial charge in [-0.3, -0.25) is 9.67 Å². The molecule has 1 atom stereocenters. The van der Waals surface area contributed by atoms with E-state index in [4.69, 9.17) is 0 Å². The van der Waals surface area contributed by atoms with Crippen molar-refractivity contribution in [3.63, 3.8) is 0 Å². The fourth-order valence-corrected chi connectivity index (χ4v) is 2.87. The summed E-state index contributed by atoms with van der Waals surface area (Å²) < 4.78 is 1.95. The van der Waals surface area contributed by atoms with E-state index in [2.05, 4.69) is 65.8 Å². The van der Waals surface area contributed by atoms with Gasteiger partial charge in [0.15, 0.2) is 5.96 Å². The lowest BCUT2D eigenvalue weighted by molar-refractivity contribution is 0.635. The van der Waals surface area contributed by atoms with Crippen molar-refractivity contribution in [1.82, 2.24) is 20.4 Å². The quantitative estimate of drug-likeness (QED) is 0.400. The molecule has 5 nitrogen and oxygen atoms in total. The lowest BCUT2D eigenvalue weighted by Crippen LogP contribution is -2.43. The second-order valence-corrected chi connectivity index (χ2v) is 6.26. The Morgan fingerprint density at radius 3 is 2.48 bits per heavy atom. The molecule has 0 radical (unpaired) electrons. The third kappa shape index (κ3) is 6.34. The van der Waals surface area contributed by atoms with E-state index in [9.17, 15) is 0 Å². The number of benzene rings is 1. The first-order valence-electron chi connectivity index (χ1n) is 8.51. The van der Waals surface area contributed by atoms with Crippen molar-refractivity contribution >= 4 is 29.9 Å². The van der Waals surface area contributed by atoms with Crippen molar-refractivity contribution in [2.24, 2.45) is 12.0 Å². The van der Waals surface area contributed by atoms with Gasteiger partial charge < -0.3 is 10.6 Å². The van der Waals surface area contributed by atoms with E-state index in [0.29, 0.717) is 0 Å².